The van der Waals surface area contributed by atoms with Crippen molar-refractivity contribution in [3.05, 3.63) is 105 Å². The van der Waals surface area contributed by atoms with Gasteiger partial charge in [0, 0.05) is 21.2 Å². The van der Waals surface area contributed by atoms with Gasteiger partial charge in [-0.2, -0.15) is 20.6 Å². The van der Waals surface area contributed by atoms with E-state index in [0.29, 0.717) is 11.5 Å². The summed E-state index contributed by atoms with van der Waals surface area (Å²) in [5.74, 6) is 0.657. The van der Waals surface area contributed by atoms with E-state index in [-0.39, 0.29) is 18.0 Å². The molecule has 7 nitrogen and oxygen atoms in total. The molecule has 3 N–H and O–H groups in total. The number of nitrogens with one attached hydrogen (secondary N) is 3. The van der Waals surface area contributed by atoms with E-state index in [1.54, 1.807) is 0 Å². The minimum Gasteiger partial charge on any atom is -0.325 e. The van der Waals surface area contributed by atoms with Gasteiger partial charge in [-0.15, -0.1) is 0 Å². The molecule has 3 aromatic carbocycles. The van der Waals surface area contributed by atoms with Crippen LogP contribution in [0.1, 0.15) is 55.0 Å². The Kier molecular flexibility index (Phi) is 8.77. The Morgan fingerprint density at radius 3 is 2.37 bits per heavy atom. The van der Waals surface area contributed by atoms with Gasteiger partial charge in [-0.1, -0.05) is 36.4 Å². The Morgan fingerprint density at radius 1 is 1.00 bits per heavy atom. The minimum atomic E-state index is -0.671. The lowest BCUT2D eigenvalue weighted by molar-refractivity contribution is 0.281. The van der Waals surface area contributed by atoms with Crippen molar-refractivity contribution in [1.29, 1.82) is 10.5 Å². The van der Waals surface area contributed by atoms with Crippen molar-refractivity contribution in [1.82, 2.24) is 20.5 Å². The number of hydrogen-bond acceptors (Lipinski definition) is 6. The van der Waals surface area contributed by atoms with Gasteiger partial charge >= 0.3 is 0 Å². The summed E-state index contributed by atoms with van der Waals surface area (Å²) in [5, 5.41) is 33.3. The Labute approximate surface area is 237 Å². The molecule has 192 valence electrons. The molecule has 0 fully saturated rings. The van der Waals surface area contributed by atoms with Crippen LogP contribution in [0.25, 0.3) is 0 Å². The Morgan fingerprint density at radius 2 is 1.74 bits per heavy atom. The lowest BCUT2D eigenvalue weighted by atomic mass is 9.79. The summed E-state index contributed by atoms with van der Waals surface area (Å²) >= 11 is 2.32. The van der Waals surface area contributed by atoms with Gasteiger partial charge in [-0.25, -0.2) is 5.10 Å². The van der Waals surface area contributed by atoms with Gasteiger partial charge in [-0.3, -0.25) is 0 Å². The number of aromatic amines is 1. The predicted molar refractivity (Wildman–Crippen MR) is 158 cm³/mol. The van der Waals surface area contributed by atoms with E-state index >= 15 is 0 Å². The highest BCUT2D eigenvalue weighted by Gasteiger charge is 2.34. The fourth-order valence-corrected chi connectivity index (χ4v) is 4.98. The number of rotatable bonds is 10. The van der Waals surface area contributed by atoms with Gasteiger partial charge in [-0.05, 0) is 103 Å². The highest BCUT2D eigenvalue weighted by Crippen LogP contribution is 2.36. The first-order chi connectivity index (χ1) is 18.3. The van der Waals surface area contributed by atoms with Crippen molar-refractivity contribution < 1.29 is 0 Å². The van der Waals surface area contributed by atoms with Crippen LogP contribution in [0.4, 0.5) is 11.6 Å². The number of nitrogens with zero attached hydrogens (tertiary/aromatic N) is 4. The van der Waals surface area contributed by atoms with Gasteiger partial charge in [0.15, 0.2) is 0 Å². The van der Waals surface area contributed by atoms with E-state index in [1.807, 2.05) is 56.3 Å². The topological polar surface area (TPSA) is 113 Å². The van der Waals surface area contributed by atoms with Crippen LogP contribution in [-0.2, 0) is 6.42 Å². The third-order valence-corrected chi connectivity index (χ3v) is 7.50. The van der Waals surface area contributed by atoms with E-state index in [0.717, 1.165) is 23.2 Å². The van der Waals surface area contributed by atoms with Crippen LogP contribution in [0.5, 0.6) is 0 Å². The van der Waals surface area contributed by atoms with Crippen molar-refractivity contribution in [2.45, 2.75) is 45.2 Å². The van der Waals surface area contributed by atoms with Crippen LogP contribution in [0, 0.1) is 31.6 Å². The molecule has 1 unspecified atom stereocenters. The summed E-state index contributed by atoms with van der Waals surface area (Å²) in [4.78, 5) is 4.11. The summed E-state index contributed by atoms with van der Waals surface area (Å²) < 4.78 is 1.19. The number of benzene rings is 3. The summed E-state index contributed by atoms with van der Waals surface area (Å²) in [6.07, 6.45) is 2.26. The first kappa shape index (κ1) is 27.3. The molecule has 8 heteroatoms. The average molecular weight is 616 g/mol. The minimum absolute atomic E-state index is 0.00726. The maximum atomic E-state index is 10.1. The van der Waals surface area contributed by atoms with Crippen LogP contribution in [0.15, 0.2) is 79.1 Å². The van der Waals surface area contributed by atoms with E-state index in [1.165, 1.54) is 15.5 Å². The van der Waals surface area contributed by atoms with Crippen molar-refractivity contribution >= 4 is 34.2 Å². The van der Waals surface area contributed by atoms with Crippen LogP contribution >= 0.6 is 22.6 Å². The van der Waals surface area contributed by atoms with E-state index < -0.39 is 5.41 Å². The lowest BCUT2D eigenvalue weighted by Crippen LogP contribution is -2.42. The second-order valence-electron chi connectivity index (χ2n) is 9.98. The summed E-state index contributed by atoms with van der Waals surface area (Å²) in [6, 6.07) is 29.0. The van der Waals surface area contributed by atoms with Gasteiger partial charge < -0.3 is 10.6 Å². The molecular formula is C30H30IN7. The van der Waals surface area contributed by atoms with E-state index in [9.17, 15) is 10.5 Å². The number of halogens is 1. The Bertz CT molecular complexity index is 1420. The van der Waals surface area contributed by atoms with E-state index in [4.69, 9.17) is 0 Å². The zero-order chi connectivity index (χ0) is 27.1. The van der Waals surface area contributed by atoms with Crippen molar-refractivity contribution in [3.63, 3.8) is 0 Å². The zero-order valence-electron chi connectivity index (χ0n) is 21.6. The molecule has 0 aliphatic heterocycles. The molecule has 4 rings (SSSR count). The number of hydrogen-bond donors (Lipinski definition) is 3. The van der Waals surface area contributed by atoms with Gasteiger partial charge in [0.25, 0.3) is 0 Å². The van der Waals surface area contributed by atoms with Crippen LogP contribution < -0.4 is 10.6 Å². The van der Waals surface area contributed by atoms with Gasteiger partial charge in [0.2, 0.25) is 5.95 Å². The van der Waals surface area contributed by atoms with Gasteiger partial charge in [0.05, 0.1) is 29.2 Å². The van der Waals surface area contributed by atoms with Crippen molar-refractivity contribution in [2.24, 2.45) is 5.41 Å². The molecule has 0 saturated heterocycles. The van der Waals surface area contributed by atoms with Crippen molar-refractivity contribution in [2.75, 3.05) is 5.32 Å². The summed E-state index contributed by atoms with van der Waals surface area (Å²) in [6.45, 7) is 6.09. The molecule has 0 aliphatic rings. The molecule has 1 aromatic heterocycles. The molecule has 4 aromatic rings. The molecule has 0 saturated carbocycles. The smallest absolute Gasteiger partial charge is 0.222 e. The molecular weight excluding hydrogens is 585 g/mol. The number of anilines is 2. The molecule has 1 heterocycles. The lowest BCUT2D eigenvalue weighted by Gasteiger charge is -2.36. The molecule has 0 spiro atoms. The number of H-pyrrole nitrogens is 1. The third-order valence-electron chi connectivity index (χ3n) is 6.78. The average Bonchev–Trinajstić information content (AvgIpc) is 3.45. The standard InChI is InChI=1S/C30H30IN7/c1-20(27(16-21-7-11-25(31)12-8-21)24-6-4-5-22(15-24)17-32)36-28(30(2,3)18-33)23-9-13-26(14-10-23)37-29-34-19-35-38-29/h4-15,19-20,27-28,36H,16H2,1-3H3,(H2,34,35,37,38)/t20-,27+,28?/m0/s1. The molecule has 0 radical (unpaired) electrons. The van der Waals surface area contributed by atoms with E-state index in [2.05, 4.69) is 97.8 Å². The highest BCUT2D eigenvalue weighted by atomic mass is 127. The first-order valence-corrected chi connectivity index (χ1v) is 13.5. The quantitative estimate of drug-likeness (QED) is 0.173. The predicted octanol–water partition coefficient (Wildman–Crippen LogP) is 6.62. The maximum absolute atomic E-state index is 10.1. The summed E-state index contributed by atoms with van der Waals surface area (Å²) in [7, 11) is 0. The monoisotopic (exact) mass is 615 g/mol. The fraction of sp³-hybridized carbons (Fsp3) is 0.267. The van der Waals surface area contributed by atoms with Crippen LogP contribution in [0.3, 0.4) is 0 Å². The Hall–Kier alpha value is -3.73. The molecule has 0 bridgehead atoms. The Balaban J connectivity index is 1.63. The fourth-order valence-electron chi connectivity index (χ4n) is 4.62. The third kappa shape index (κ3) is 6.77. The van der Waals surface area contributed by atoms with Gasteiger partial charge in [0.1, 0.15) is 6.33 Å². The largest absolute Gasteiger partial charge is 0.325 e. The molecule has 3 atom stereocenters. The number of aromatic nitrogens is 3. The first-order valence-electron chi connectivity index (χ1n) is 12.4. The summed E-state index contributed by atoms with van der Waals surface area (Å²) in [5.41, 5.74) is 4.19. The maximum Gasteiger partial charge on any atom is 0.222 e. The van der Waals surface area contributed by atoms with Crippen molar-refractivity contribution in [3.8, 4) is 12.1 Å². The highest BCUT2D eigenvalue weighted by molar-refractivity contribution is 14.1. The van der Waals surface area contributed by atoms with Crippen LogP contribution in [-0.4, -0.2) is 21.2 Å². The second-order valence-corrected chi connectivity index (χ2v) is 11.2. The number of nitriles is 2. The molecule has 0 amide bonds. The normalized spacial score (nSPS) is 13.6. The SMILES string of the molecule is C[C@H](NC(c1ccc(Nc2ncn[nH]2)cc1)C(C)(C)C#N)[C@@H](Cc1ccc(I)cc1)c1cccc(C#N)c1. The second kappa shape index (κ2) is 12.2. The molecule has 38 heavy (non-hydrogen) atoms. The zero-order valence-corrected chi connectivity index (χ0v) is 23.8. The molecule has 0 aliphatic carbocycles. The van der Waals surface area contributed by atoms with Crippen LogP contribution in [0.2, 0.25) is 0 Å².